The van der Waals surface area contributed by atoms with Gasteiger partial charge in [-0.1, -0.05) is 191 Å². The van der Waals surface area contributed by atoms with Crippen LogP contribution in [0, 0.1) is 83.9 Å². The first-order valence-electron chi connectivity index (χ1n) is 23.5. The molecule has 9 rings (SSSR count). The standard InChI is InChI=1S/C50H66Si.2C2H6.2CH3.2ClH.Zr/c1-47(2)23-25-49(5,6)44-31-40-38(29-42(44)47)39-30-43-45(50(7,8)26-24-48(43,3)4)32-41(39)46(40)51(35-19-11-9-12-20-35,36-21-13-10-14-22-36)37-27-33-17-15-16-18-34(33)28-37;2*1-2;;;;;/h9-22,29,31,33-34,37-41,43,45-46H,23-28,30,32H2,1-8H3;2*1-2H3;2*1H3;2*1H;/q;;;2*-1;;;+4/p-2. The molecule has 60 heavy (non-hydrogen) atoms. The van der Waals surface area contributed by atoms with Gasteiger partial charge in [0, 0.05) is 0 Å². The number of halogens is 2. The van der Waals surface area contributed by atoms with Crippen molar-refractivity contribution in [2.24, 2.45) is 69.0 Å². The molecule has 0 aliphatic heterocycles. The van der Waals surface area contributed by atoms with E-state index in [1.165, 1.54) is 51.4 Å². The van der Waals surface area contributed by atoms with Gasteiger partial charge in [-0.25, -0.2) is 0 Å². The van der Waals surface area contributed by atoms with E-state index in [4.69, 9.17) is 17.0 Å². The molecule has 4 heteroatoms. The Kier molecular flexibility index (Phi) is 17.7. The molecule has 0 amide bonds. The molecule has 0 nitrogen and oxygen atoms in total. The first-order chi connectivity index (χ1) is 27.7. The van der Waals surface area contributed by atoms with Crippen LogP contribution >= 0.6 is 17.0 Å². The normalized spacial score (nSPS) is 33.9. The molecule has 0 aromatic heterocycles. The van der Waals surface area contributed by atoms with Gasteiger partial charge >= 0.3 is 37.9 Å². The minimum atomic E-state index is -2.41. The second-order valence-electron chi connectivity index (χ2n) is 21.5. The molecule has 0 heterocycles. The van der Waals surface area contributed by atoms with Crippen molar-refractivity contribution >= 4 is 35.5 Å². The van der Waals surface area contributed by atoms with E-state index in [0.29, 0.717) is 40.0 Å². The summed E-state index contributed by atoms with van der Waals surface area (Å²) in [6, 6.07) is 24.7. The van der Waals surface area contributed by atoms with Gasteiger partial charge in [0.15, 0.2) is 0 Å². The topological polar surface area (TPSA) is 0 Å². The molecule has 5 fully saturated rings. The summed E-state index contributed by atoms with van der Waals surface area (Å²) in [4.78, 5) is 0. The Morgan fingerprint density at radius 1 is 0.533 bits per heavy atom. The van der Waals surface area contributed by atoms with Crippen molar-refractivity contribution in [3.8, 4) is 0 Å². The average Bonchev–Trinajstić information content (AvgIpc) is 3.80. The van der Waals surface area contributed by atoms with Gasteiger partial charge in [0.05, 0.1) is 0 Å². The van der Waals surface area contributed by atoms with Crippen LogP contribution in [0.15, 0.2) is 108 Å². The van der Waals surface area contributed by atoms with E-state index in [9.17, 15) is 0 Å². The van der Waals surface area contributed by atoms with Crippen LogP contribution in [0.3, 0.4) is 0 Å². The summed E-state index contributed by atoms with van der Waals surface area (Å²) in [5, 5.41) is 3.47. The maximum absolute atomic E-state index is 4.93. The van der Waals surface area contributed by atoms with Crippen molar-refractivity contribution in [2.45, 2.75) is 146 Å². The summed E-state index contributed by atoms with van der Waals surface area (Å²) in [5.74, 6) is 5.87. The van der Waals surface area contributed by atoms with E-state index in [2.05, 4.69) is 153 Å². The van der Waals surface area contributed by atoms with Gasteiger partial charge in [0.2, 0.25) is 0 Å². The number of benzene rings is 2. The molecule has 9 atom stereocenters. The number of allylic oxidation sites excluding steroid dienone is 8. The predicted octanol–water partition coefficient (Wildman–Crippen LogP) is 16.5. The van der Waals surface area contributed by atoms with Crippen molar-refractivity contribution in [3.05, 3.63) is 123 Å². The van der Waals surface area contributed by atoms with Gasteiger partial charge in [-0.2, -0.15) is 0 Å². The monoisotopic (exact) mass is 944 g/mol. The first kappa shape index (κ1) is 51.7. The van der Waals surface area contributed by atoms with E-state index >= 15 is 0 Å². The Labute approximate surface area is 391 Å². The Morgan fingerprint density at radius 2 is 0.917 bits per heavy atom. The SMILES string of the molecule is CC.CC.CC1(C)CCC(C)(C)C2=CC3C(C=C21)C1CC2C(CC1C3[Si](c1ccccc1)(c1ccccc1)C1CC3C=CC=CC3C1)C(C)(C)CCC2(C)C.[CH3-].[CH3-].[Cl][Zr+2][Cl]. The Balaban J connectivity index is 0.000000835. The van der Waals surface area contributed by atoms with Crippen LogP contribution in [-0.2, 0) is 20.8 Å². The Bertz CT molecular complexity index is 1740. The van der Waals surface area contributed by atoms with E-state index in [1.807, 2.05) is 27.7 Å². The van der Waals surface area contributed by atoms with Crippen molar-refractivity contribution in [2.75, 3.05) is 0 Å². The quantitative estimate of drug-likeness (QED) is 0.212. The summed E-state index contributed by atoms with van der Waals surface area (Å²) in [7, 11) is 7.46. The van der Waals surface area contributed by atoms with Gasteiger partial charge in [0.25, 0.3) is 0 Å². The van der Waals surface area contributed by atoms with Crippen LogP contribution in [0.25, 0.3) is 0 Å². The third kappa shape index (κ3) is 9.15. The number of hydrogen-bond acceptors (Lipinski definition) is 0. The Morgan fingerprint density at radius 3 is 1.33 bits per heavy atom. The maximum atomic E-state index is 4.93. The first-order valence-corrected chi connectivity index (χ1v) is 32.0. The van der Waals surface area contributed by atoms with Gasteiger partial charge in [-0.05, 0) is 143 Å². The zero-order valence-corrected chi connectivity index (χ0v) is 45.4. The van der Waals surface area contributed by atoms with E-state index in [1.54, 1.807) is 21.5 Å². The van der Waals surface area contributed by atoms with E-state index in [0.717, 1.165) is 29.2 Å². The zero-order valence-electron chi connectivity index (χ0n) is 40.4. The number of hydrogen-bond donors (Lipinski definition) is 0. The molecule has 0 N–H and O–H groups in total. The van der Waals surface area contributed by atoms with Crippen LogP contribution in [0.1, 0.15) is 134 Å². The van der Waals surface area contributed by atoms with Crippen LogP contribution in [0.5, 0.6) is 0 Å². The predicted molar refractivity (Wildman–Crippen MR) is 267 cm³/mol. The van der Waals surface area contributed by atoms with Gasteiger partial charge in [-0.3, -0.25) is 0 Å². The number of rotatable bonds is 4. The van der Waals surface area contributed by atoms with Crippen molar-refractivity contribution < 1.29 is 20.8 Å². The summed E-state index contributed by atoms with van der Waals surface area (Å²) < 4.78 is 0. The fourth-order valence-corrected chi connectivity index (χ4v) is 21.8. The van der Waals surface area contributed by atoms with Crippen LogP contribution in [0.2, 0.25) is 11.1 Å². The Hall–Kier alpha value is -0.920. The van der Waals surface area contributed by atoms with E-state index < -0.39 is 28.9 Å². The third-order valence-corrected chi connectivity index (χ3v) is 23.5. The van der Waals surface area contributed by atoms with Crippen LogP contribution < -0.4 is 10.4 Å². The summed E-state index contributed by atoms with van der Waals surface area (Å²) in [5.41, 5.74) is 6.27. The molecule has 0 spiro atoms. The molecule has 2 aromatic rings. The van der Waals surface area contributed by atoms with Crippen molar-refractivity contribution in [1.82, 2.24) is 0 Å². The molecular formula is C56H84Cl2SiZr. The third-order valence-electron chi connectivity index (χ3n) is 17.3. The van der Waals surface area contributed by atoms with Crippen molar-refractivity contribution in [3.63, 3.8) is 0 Å². The van der Waals surface area contributed by atoms with Gasteiger partial charge in [0.1, 0.15) is 8.07 Å². The van der Waals surface area contributed by atoms with Crippen LogP contribution in [-0.4, -0.2) is 8.07 Å². The molecule has 7 aliphatic rings. The molecule has 0 bridgehead atoms. The second-order valence-corrected chi connectivity index (χ2v) is 29.6. The molecule has 0 radical (unpaired) electrons. The molecule has 0 saturated heterocycles. The summed E-state index contributed by atoms with van der Waals surface area (Å²) >= 11 is -0.826. The zero-order chi connectivity index (χ0) is 42.3. The van der Waals surface area contributed by atoms with Crippen LogP contribution in [0.4, 0.5) is 0 Å². The average molecular weight is 948 g/mol. The fraction of sp³-hybridized carbons (Fsp3) is 0.607. The fourth-order valence-electron chi connectivity index (χ4n) is 14.5. The molecule has 9 unspecified atom stereocenters. The minimum absolute atomic E-state index is 0. The molecule has 7 aliphatic carbocycles. The van der Waals surface area contributed by atoms with Gasteiger partial charge < -0.3 is 14.9 Å². The number of fused-ring (bicyclic) bond motifs is 6. The van der Waals surface area contributed by atoms with Crippen molar-refractivity contribution in [1.29, 1.82) is 0 Å². The molecule has 330 valence electrons. The summed E-state index contributed by atoms with van der Waals surface area (Å²) in [6.07, 6.45) is 26.9. The molecule has 2 aromatic carbocycles. The van der Waals surface area contributed by atoms with Gasteiger partial charge in [-0.15, -0.1) is 0 Å². The molecular weight excluding hydrogens is 863 g/mol. The second kappa shape index (κ2) is 20.5. The molecule has 5 saturated carbocycles. The van der Waals surface area contributed by atoms with E-state index in [-0.39, 0.29) is 25.7 Å². The summed E-state index contributed by atoms with van der Waals surface area (Å²) in [6.45, 7) is 29.0.